The zero-order chi connectivity index (χ0) is 17.3. The highest BCUT2D eigenvalue weighted by Crippen LogP contribution is 2.27. The standard InChI is InChI=1S/C21H19NO2/c1-13-9-10-17(11-14(13)2)19-12-18(16-7-5-4-6-8-16)20(15(3)23)21(24)22-19/h4-12H,1-3H3,(H,22,24). The van der Waals surface area contributed by atoms with Gasteiger partial charge in [0.15, 0.2) is 5.78 Å². The summed E-state index contributed by atoms with van der Waals surface area (Å²) in [6.45, 7) is 5.52. The lowest BCUT2D eigenvalue weighted by Crippen LogP contribution is -2.18. The number of pyridine rings is 1. The molecule has 0 atom stereocenters. The molecule has 120 valence electrons. The van der Waals surface area contributed by atoms with Gasteiger partial charge < -0.3 is 4.98 Å². The lowest BCUT2D eigenvalue weighted by Gasteiger charge is -2.11. The van der Waals surface area contributed by atoms with Gasteiger partial charge in [-0.2, -0.15) is 0 Å². The van der Waals surface area contributed by atoms with Crippen LogP contribution >= 0.6 is 0 Å². The summed E-state index contributed by atoms with van der Waals surface area (Å²) in [4.78, 5) is 27.4. The monoisotopic (exact) mass is 317 g/mol. The van der Waals surface area contributed by atoms with E-state index in [9.17, 15) is 9.59 Å². The van der Waals surface area contributed by atoms with E-state index in [4.69, 9.17) is 0 Å². The molecular weight excluding hydrogens is 298 g/mol. The molecule has 0 unspecified atom stereocenters. The number of H-pyrrole nitrogens is 1. The topological polar surface area (TPSA) is 49.9 Å². The van der Waals surface area contributed by atoms with Gasteiger partial charge in [-0.15, -0.1) is 0 Å². The summed E-state index contributed by atoms with van der Waals surface area (Å²) in [5, 5.41) is 0. The van der Waals surface area contributed by atoms with Gasteiger partial charge >= 0.3 is 0 Å². The lowest BCUT2D eigenvalue weighted by molar-refractivity contribution is 0.101. The van der Waals surface area contributed by atoms with E-state index in [1.165, 1.54) is 12.5 Å². The highest BCUT2D eigenvalue weighted by Gasteiger charge is 2.16. The molecule has 0 radical (unpaired) electrons. The third-order valence-electron chi connectivity index (χ3n) is 4.29. The Labute approximate surface area is 141 Å². The average Bonchev–Trinajstić information content (AvgIpc) is 2.57. The Morgan fingerprint density at radius 3 is 2.21 bits per heavy atom. The Kier molecular flexibility index (Phi) is 4.17. The second-order valence-electron chi connectivity index (χ2n) is 6.02. The number of rotatable bonds is 3. The van der Waals surface area contributed by atoms with E-state index in [-0.39, 0.29) is 16.9 Å². The van der Waals surface area contributed by atoms with E-state index in [0.717, 1.165) is 16.7 Å². The quantitative estimate of drug-likeness (QED) is 0.722. The minimum atomic E-state index is -0.350. The van der Waals surface area contributed by atoms with Gasteiger partial charge in [0.05, 0.1) is 5.56 Å². The molecule has 0 bridgehead atoms. The smallest absolute Gasteiger partial charge is 0.259 e. The van der Waals surface area contributed by atoms with Crippen LogP contribution in [-0.2, 0) is 0 Å². The van der Waals surface area contributed by atoms with Gasteiger partial charge in [0, 0.05) is 11.3 Å². The number of benzene rings is 2. The Morgan fingerprint density at radius 2 is 1.58 bits per heavy atom. The van der Waals surface area contributed by atoms with Crippen molar-refractivity contribution in [1.29, 1.82) is 0 Å². The van der Waals surface area contributed by atoms with Crippen LogP contribution in [0.4, 0.5) is 0 Å². The molecule has 1 heterocycles. The first-order chi connectivity index (χ1) is 11.5. The Morgan fingerprint density at radius 1 is 0.875 bits per heavy atom. The number of carbonyl (C=O) groups is 1. The van der Waals surface area contributed by atoms with Crippen molar-refractivity contribution in [1.82, 2.24) is 4.98 Å². The highest BCUT2D eigenvalue weighted by molar-refractivity contribution is 6.01. The summed E-state index contributed by atoms with van der Waals surface area (Å²) < 4.78 is 0. The van der Waals surface area contributed by atoms with Crippen molar-refractivity contribution in [3.05, 3.63) is 81.6 Å². The van der Waals surface area contributed by atoms with Crippen molar-refractivity contribution >= 4 is 5.78 Å². The first kappa shape index (κ1) is 15.9. The molecule has 2 aromatic carbocycles. The average molecular weight is 317 g/mol. The van der Waals surface area contributed by atoms with Crippen molar-refractivity contribution in [2.75, 3.05) is 0 Å². The fourth-order valence-corrected chi connectivity index (χ4v) is 2.82. The summed E-state index contributed by atoms with van der Waals surface area (Å²) in [7, 11) is 0. The Bertz CT molecular complexity index is 969. The van der Waals surface area contributed by atoms with E-state index in [2.05, 4.69) is 11.9 Å². The van der Waals surface area contributed by atoms with Gasteiger partial charge in [-0.25, -0.2) is 0 Å². The molecule has 3 aromatic rings. The van der Waals surface area contributed by atoms with Gasteiger partial charge in [-0.1, -0.05) is 42.5 Å². The number of hydrogen-bond acceptors (Lipinski definition) is 2. The molecule has 1 N–H and O–H groups in total. The zero-order valence-corrected chi connectivity index (χ0v) is 14.0. The van der Waals surface area contributed by atoms with E-state index in [0.29, 0.717) is 11.3 Å². The number of nitrogens with one attached hydrogen (secondary N) is 1. The summed E-state index contributed by atoms with van der Waals surface area (Å²) >= 11 is 0. The minimum Gasteiger partial charge on any atom is -0.321 e. The van der Waals surface area contributed by atoms with Crippen LogP contribution in [0, 0.1) is 13.8 Å². The number of aryl methyl sites for hydroxylation is 2. The van der Waals surface area contributed by atoms with E-state index in [1.807, 2.05) is 61.5 Å². The lowest BCUT2D eigenvalue weighted by atomic mass is 9.96. The van der Waals surface area contributed by atoms with Crippen molar-refractivity contribution in [3.63, 3.8) is 0 Å². The maximum atomic E-state index is 12.5. The molecule has 0 aliphatic heterocycles. The first-order valence-corrected chi connectivity index (χ1v) is 7.88. The molecule has 0 spiro atoms. The van der Waals surface area contributed by atoms with Crippen LogP contribution in [0.25, 0.3) is 22.4 Å². The number of carbonyl (C=O) groups excluding carboxylic acids is 1. The van der Waals surface area contributed by atoms with Crippen molar-refractivity contribution in [3.8, 4) is 22.4 Å². The summed E-state index contributed by atoms with van der Waals surface area (Å²) in [5.41, 5.74) is 5.38. The number of hydrogen-bond donors (Lipinski definition) is 1. The first-order valence-electron chi connectivity index (χ1n) is 7.88. The van der Waals surface area contributed by atoms with E-state index in [1.54, 1.807) is 0 Å². The molecule has 3 heteroatoms. The normalized spacial score (nSPS) is 10.6. The molecule has 0 fully saturated rings. The highest BCUT2D eigenvalue weighted by atomic mass is 16.1. The van der Waals surface area contributed by atoms with Gasteiger partial charge in [-0.3, -0.25) is 9.59 Å². The number of ketones is 1. The van der Waals surface area contributed by atoms with Crippen molar-refractivity contribution in [2.45, 2.75) is 20.8 Å². The Balaban J connectivity index is 2.27. The number of aromatic nitrogens is 1. The van der Waals surface area contributed by atoms with Gasteiger partial charge in [0.2, 0.25) is 0 Å². The second kappa shape index (κ2) is 6.28. The molecule has 0 aliphatic carbocycles. The summed E-state index contributed by atoms with van der Waals surface area (Å²) in [6, 6.07) is 17.5. The molecule has 1 aromatic heterocycles. The van der Waals surface area contributed by atoms with Crippen LogP contribution < -0.4 is 5.56 Å². The Hall–Kier alpha value is -2.94. The zero-order valence-electron chi connectivity index (χ0n) is 14.0. The predicted molar refractivity (Wildman–Crippen MR) is 97.4 cm³/mol. The van der Waals surface area contributed by atoms with Crippen molar-refractivity contribution in [2.24, 2.45) is 0 Å². The van der Waals surface area contributed by atoms with Crippen LogP contribution in [0.3, 0.4) is 0 Å². The van der Waals surface area contributed by atoms with Crippen LogP contribution in [0.15, 0.2) is 59.4 Å². The fourth-order valence-electron chi connectivity index (χ4n) is 2.82. The van der Waals surface area contributed by atoms with Crippen molar-refractivity contribution < 1.29 is 4.79 Å². The van der Waals surface area contributed by atoms with E-state index >= 15 is 0 Å². The molecule has 0 amide bonds. The molecular formula is C21H19NO2. The second-order valence-corrected chi connectivity index (χ2v) is 6.02. The fraction of sp³-hybridized carbons (Fsp3) is 0.143. The van der Waals surface area contributed by atoms with E-state index < -0.39 is 0 Å². The third kappa shape index (κ3) is 2.93. The van der Waals surface area contributed by atoms with Gasteiger partial charge in [-0.05, 0) is 55.2 Å². The molecule has 0 aliphatic rings. The predicted octanol–water partition coefficient (Wildman–Crippen LogP) is 4.53. The maximum absolute atomic E-state index is 12.5. The minimum absolute atomic E-state index is 0.203. The number of aromatic amines is 1. The molecule has 0 saturated carbocycles. The van der Waals surface area contributed by atoms with Crippen LogP contribution in [-0.4, -0.2) is 10.8 Å². The van der Waals surface area contributed by atoms with Gasteiger partial charge in [0.1, 0.15) is 0 Å². The van der Waals surface area contributed by atoms with Gasteiger partial charge in [0.25, 0.3) is 5.56 Å². The molecule has 3 nitrogen and oxygen atoms in total. The largest absolute Gasteiger partial charge is 0.321 e. The summed E-state index contributed by atoms with van der Waals surface area (Å²) in [5.74, 6) is -0.235. The maximum Gasteiger partial charge on any atom is 0.259 e. The van der Waals surface area contributed by atoms with Crippen LogP contribution in [0.2, 0.25) is 0 Å². The third-order valence-corrected chi connectivity index (χ3v) is 4.29. The van der Waals surface area contributed by atoms with Crippen LogP contribution in [0.1, 0.15) is 28.4 Å². The molecule has 24 heavy (non-hydrogen) atoms. The molecule has 3 rings (SSSR count). The SMILES string of the molecule is CC(=O)c1c(-c2ccccc2)cc(-c2ccc(C)c(C)c2)[nH]c1=O. The van der Waals surface area contributed by atoms with Crippen LogP contribution in [0.5, 0.6) is 0 Å². The number of Topliss-reactive ketones (excluding diaryl/α,β-unsaturated/α-hetero) is 1. The summed E-state index contributed by atoms with van der Waals surface area (Å²) in [6.07, 6.45) is 0. The molecule has 0 saturated heterocycles.